The summed E-state index contributed by atoms with van der Waals surface area (Å²) in [6.07, 6.45) is 6.54. The molecule has 4 nitrogen and oxygen atoms in total. The smallest absolute Gasteiger partial charge is 0.302 e. The lowest BCUT2D eigenvalue weighted by Crippen LogP contribution is -2.58. The molecule has 2 rings (SSSR count). The second-order valence-corrected chi connectivity index (χ2v) is 9.23. The van der Waals surface area contributed by atoms with Crippen LogP contribution in [0.3, 0.4) is 0 Å². The van der Waals surface area contributed by atoms with E-state index >= 15 is 0 Å². The Balaban J connectivity index is 1.99. The maximum Gasteiger partial charge on any atom is 0.302 e. The van der Waals surface area contributed by atoms with E-state index in [1.54, 1.807) is 0 Å². The number of hydroxylamine groups is 2. The van der Waals surface area contributed by atoms with Crippen LogP contribution in [-0.2, 0) is 14.4 Å². The molecule has 156 valence electrons. The van der Waals surface area contributed by atoms with Crippen molar-refractivity contribution >= 4 is 5.97 Å². The molecule has 28 heavy (non-hydrogen) atoms. The quantitative estimate of drug-likeness (QED) is 0.427. The van der Waals surface area contributed by atoms with E-state index in [0.29, 0.717) is 13.2 Å². The second-order valence-electron chi connectivity index (χ2n) is 9.23. The Hall–Kier alpha value is -1.65. The van der Waals surface area contributed by atoms with Gasteiger partial charge in [-0.2, -0.15) is 5.06 Å². The number of benzene rings is 1. The molecule has 0 aromatic heterocycles. The average Bonchev–Trinajstić information content (AvgIpc) is 2.61. The number of hydrogen-bond donors (Lipinski definition) is 0. The summed E-state index contributed by atoms with van der Waals surface area (Å²) in [4.78, 5) is 17.5. The van der Waals surface area contributed by atoms with E-state index in [1.807, 2.05) is 18.2 Å². The molecule has 1 atom stereocenters. The van der Waals surface area contributed by atoms with Crippen molar-refractivity contribution in [1.82, 2.24) is 5.06 Å². The SMILES string of the molecule is CC(=O)OCC(CC(C)=CCON1C(C)(C)CCCC1(C)C)c1ccccc1. The Morgan fingerprint density at radius 1 is 1.11 bits per heavy atom. The van der Waals surface area contributed by atoms with Crippen molar-refractivity contribution in [2.24, 2.45) is 0 Å². The first-order chi connectivity index (χ1) is 13.1. The van der Waals surface area contributed by atoms with Gasteiger partial charge in [0.05, 0.1) is 13.2 Å². The van der Waals surface area contributed by atoms with E-state index in [1.165, 1.54) is 24.5 Å². The molecule has 1 aliphatic rings. The number of piperidine rings is 1. The van der Waals surface area contributed by atoms with Gasteiger partial charge in [0.2, 0.25) is 0 Å². The summed E-state index contributed by atoms with van der Waals surface area (Å²) in [5.74, 6) is -0.0790. The molecule has 1 aromatic carbocycles. The first-order valence-electron chi connectivity index (χ1n) is 10.4. The van der Waals surface area contributed by atoms with E-state index in [0.717, 1.165) is 19.3 Å². The van der Waals surface area contributed by atoms with Crippen molar-refractivity contribution in [3.05, 3.63) is 47.5 Å². The summed E-state index contributed by atoms with van der Waals surface area (Å²) in [5, 5.41) is 2.20. The fourth-order valence-corrected chi connectivity index (χ4v) is 4.27. The van der Waals surface area contributed by atoms with E-state index in [4.69, 9.17) is 9.57 Å². The van der Waals surface area contributed by atoms with Crippen LogP contribution in [-0.4, -0.2) is 35.3 Å². The maximum atomic E-state index is 11.3. The summed E-state index contributed by atoms with van der Waals surface area (Å²) in [6, 6.07) is 10.2. The molecular weight excluding hydrogens is 350 g/mol. The van der Waals surface area contributed by atoms with Crippen LogP contribution in [0.4, 0.5) is 0 Å². The summed E-state index contributed by atoms with van der Waals surface area (Å²) in [6.45, 7) is 13.6. The van der Waals surface area contributed by atoms with Gasteiger partial charge in [-0.1, -0.05) is 42.0 Å². The van der Waals surface area contributed by atoms with E-state index in [9.17, 15) is 4.79 Å². The number of esters is 1. The van der Waals surface area contributed by atoms with Gasteiger partial charge in [-0.3, -0.25) is 9.63 Å². The van der Waals surface area contributed by atoms with Crippen LogP contribution < -0.4 is 0 Å². The van der Waals surface area contributed by atoms with Crippen molar-refractivity contribution in [2.75, 3.05) is 13.2 Å². The van der Waals surface area contributed by atoms with Crippen LogP contribution in [0.15, 0.2) is 42.0 Å². The van der Waals surface area contributed by atoms with Crippen LogP contribution >= 0.6 is 0 Å². The number of ether oxygens (including phenoxy) is 1. The lowest BCUT2D eigenvalue weighted by Gasteiger charge is -2.51. The lowest BCUT2D eigenvalue weighted by molar-refractivity contribution is -0.274. The Labute approximate surface area is 170 Å². The predicted octanol–water partition coefficient (Wildman–Crippen LogP) is 5.64. The molecule has 1 aromatic rings. The van der Waals surface area contributed by atoms with E-state index in [2.05, 4.69) is 57.9 Å². The number of allylic oxidation sites excluding steroid dienone is 1. The lowest BCUT2D eigenvalue weighted by atomic mass is 9.82. The first kappa shape index (κ1) is 22.6. The normalized spacial score (nSPS) is 20.6. The third-order valence-electron chi connectivity index (χ3n) is 5.64. The van der Waals surface area contributed by atoms with E-state index in [-0.39, 0.29) is 23.0 Å². The largest absolute Gasteiger partial charge is 0.465 e. The average molecular weight is 388 g/mol. The van der Waals surface area contributed by atoms with Crippen LogP contribution in [0.1, 0.15) is 78.7 Å². The highest BCUT2D eigenvalue weighted by atomic mass is 16.7. The number of carbonyl (C=O) groups excluding carboxylic acids is 1. The number of hydrogen-bond acceptors (Lipinski definition) is 4. The van der Waals surface area contributed by atoms with Crippen molar-refractivity contribution in [1.29, 1.82) is 0 Å². The zero-order chi connectivity index (χ0) is 20.8. The van der Waals surface area contributed by atoms with Gasteiger partial charge in [-0.15, -0.1) is 0 Å². The molecule has 1 unspecified atom stereocenters. The molecule has 1 saturated heterocycles. The minimum Gasteiger partial charge on any atom is -0.465 e. The Morgan fingerprint density at radius 2 is 1.71 bits per heavy atom. The molecule has 4 heteroatoms. The highest BCUT2D eigenvalue weighted by Gasteiger charge is 2.42. The van der Waals surface area contributed by atoms with Gasteiger partial charge >= 0.3 is 5.97 Å². The molecule has 1 heterocycles. The highest BCUT2D eigenvalue weighted by molar-refractivity contribution is 5.65. The minimum absolute atomic E-state index is 0.0470. The van der Waals surface area contributed by atoms with Crippen molar-refractivity contribution < 1.29 is 14.4 Å². The van der Waals surface area contributed by atoms with Gasteiger partial charge < -0.3 is 4.74 Å². The molecule has 0 amide bonds. The summed E-state index contributed by atoms with van der Waals surface area (Å²) >= 11 is 0. The Bertz CT molecular complexity index is 648. The molecule has 0 saturated carbocycles. The molecule has 0 spiro atoms. The van der Waals surface area contributed by atoms with Crippen LogP contribution in [0, 0.1) is 0 Å². The van der Waals surface area contributed by atoms with Crippen LogP contribution in [0.2, 0.25) is 0 Å². The fourth-order valence-electron chi connectivity index (χ4n) is 4.27. The van der Waals surface area contributed by atoms with Gasteiger partial charge in [0.1, 0.15) is 0 Å². The summed E-state index contributed by atoms with van der Waals surface area (Å²) < 4.78 is 5.31. The third-order valence-corrected chi connectivity index (χ3v) is 5.64. The van der Waals surface area contributed by atoms with Crippen LogP contribution in [0.5, 0.6) is 0 Å². The summed E-state index contributed by atoms with van der Waals surface area (Å²) in [5.41, 5.74) is 2.53. The van der Waals surface area contributed by atoms with Crippen molar-refractivity contribution in [3.8, 4) is 0 Å². The highest BCUT2D eigenvalue weighted by Crippen LogP contribution is 2.38. The summed E-state index contributed by atoms with van der Waals surface area (Å²) in [7, 11) is 0. The molecule has 0 aliphatic carbocycles. The number of rotatable bonds is 8. The van der Waals surface area contributed by atoms with Gasteiger partial charge in [-0.25, -0.2) is 0 Å². The van der Waals surface area contributed by atoms with Gasteiger partial charge in [0, 0.05) is 23.9 Å². The molecular formula is C24H37NO3. The molecule has 1 aliphatic heterocycles. The minimum atomic E-state index is -0.236. The maximum absolute atomic E-state index is 11.3. The standard InChI is InChI=1S/C24H37NO3/c1-19(13-16-28-25-23(3,4)14-10-15-24(25,5)6)17-22(18-27-20(2)26)21-11-8-7-9-12-21/h7-9,11-13,22H,10,14-18H2,1-6H3. The van der Waals surface area contributed by atoms with Crippen LogP contribution in [0.25, 0.3) is 0 Å². The topological polar surface area (TPSA) is 38.8 Å². The van der Waals surface area contributed by atoms with Gasteiger partial charge in [0.15, 0.2) is 0 Å². The predicted molar refractivity (Wildman–Crippen MR) is 114 cm³/mol. The zero-order valence-electron chi connectivity index (χ0n) is 18.5. The third kappa shape index (κ3) is 6.46. The number of carbonyl (C=O) groups is 1. The van der Waals surface area contributed by atoms with E-state index < -0.39 is 0 Å². The van der Waals surface area contributed by atoms with Crippen molar-refractivity contribution in [2.45, 2.75) is 84.2 Å². The van der Waals surface area contributed by atoms with Crippen molar-refractivity contribution in [3.63, 3.8) is 0 Å². The van der Waals surface area contributed by atoms with Gasteiger partial charge in [0.25, 0.3) is 0 Å². The second kappa shape index (κ2) is 9.71. The monoisotopic (exact) mass is 387 g/mol. The number of nitrogens with zero attached hydrogens (tertiary/aromatic N) is 1. The molecule has 0 N–H and O–H groups in total. The molecule has 1 fully saturated rings. The molecule has 0 bridgehead atoms. The van der Waals surface area contributed by atoms with Gasteiger partial charge in [-0.05, 0) is 65.9 Å². The molecule has 0 radical (unpaired) electrons. The fraction of sp³-hybridized carbons (Fsp3) is 0.625. The Kier molecular flexibility index (Phi) is 7.85. The first-order valence-corrected chi connectivity index (χ1v) is 10.4. The zero-order valence-corrected chi connectivity index (χ0v) is 18.5. The Morgan fingerprint density at radius 3 is 2.29 bits per heavy atom.